The monoisotopic (exact) mass is 341 g/mol. The van der Waals surface area contributed by atoms with E-state index in [1.165, 1.54) is 13.2 Å². The number of amides is 1. The minimum atomic E-state index is -0.619. The van der Waals surface area contributed by atoms with Gasteiger partial charge < -0.3 is 19.9 Å². The lowest BCUT2D eigenvalue weighted by Crippen LogP contribution is -2.23. The lowest BCUT2D eigenvalue weighted by atomic mass is 9.84. The van der Waals surface area contributed by atoms with Crippen LogP contribution in [0.25, 0.3) is 0 Å². The molecule has 2 aromatic carbocycles. The zero-order valence-corrected chi connectivity index (χ0v) is 14.0. The van der Waals surface area contributed by atoms with Crippen LogP contribution in [0.4, 0.5) is 5.69 Å². The third kappa shape index (κ3) is 3.28. The highest BCUT2D eigenvalue weighted by molar-refractivity contribution is 5.96. The normalized spacial score (nSPS) is 15.9. The van der Waals surface area contributed by atoms with Gasteiger partial charge in [0.2, 0.25) is 5.91 Å². The Morgan fingerprint density at radius 2 is 2.08 bits per heavy atom. The Balaban J connectivity index is 2.04. The number of phenolic OH excluding ortho intramolecular Hbond substituents is 1. The number of methoxy groups -OCH3 is 1. The molecule has 1 amide bonds. The fourth-order valence-electron chi connectivity index (χ4n) is 3.04. The Labute approximate surface area is 145 Å². The summed E-state index contributed by atoms with van der Waals surface area (Å²) in [5, 5.41) is 12.7. The molecule has 2 aromatic rings. The standard InChI is InChI=1S/C19H19NO5/c1-3-25-12-5-6-13-14(10-18(22)20-16(13)9-12)11-4-7-17(21)15(8-11)19(23)24-2/h4-9,14,21H,3,10H2,1-2H3,(H,20,22). The lowest BCUT2D eigenvalue weighted by Gasteiger charge is -2.26. The maximum absolute atomic E-state index is 12.1. The van der Waals surface area contributed by atoms with Crippen molar-refractivity contribution in [1.82, 2.24) is 0 Å². The Bertz CT molecular complexity index is 831. The van der Waals surface area contributed by atoms with Crippen molar-refractivity contribution in [2.45, 2.75) is 19.3 Å². The molecule has 0 radical (unpaired) electrons. The average Bonchev–Trinajstić information content (AvgIpc) is 2.61. The number of carbonyl (C=O) groups excluding carboxylic acids is 2. The fraction of sp³-hybridized carbons (Fsp3) is 0.263. The van der Waals surface area contributed by atoms with E-state index in [4.69, 9.17) is 9.47 Å². The van der Waals surface area contributed by atoms with Crippen molar-refractivity contribution < 1.29 is 24.2 Å². The average molecular weight is 341 g/mol. The van der Waals surface area contributed by atoms with Crippen LogP contribution < -0.4 is 10.1 Å². The van der Waals surface area contributed by atoms with Gasteiger partial charge in [-0.25, -0.2) is 4.79 Å². The van der Waals surface area contributed by atoms with Crippen molar-refractivity contribution in [3.63, 3.8) is 0 Å². The molecule has 0 saturated carbocycles. The van der Waals surface area contributed by atoms with E-state index in [1.807, 2.05) is 19.1 Å². The van der Waals surface area contributed by atoms with Crippen LogP contribution in [0, 0.1) is 0 Å². The molecule has 2 N–H and O–H groups in total. The molecule has 0 fully saturated rings. The van der Waals surface area contributed by atoms with Gasteiger partial charge in [0, 0.05) is 24.1 Å². The molecule has 1 unspecified atom stereocenters. The number of carbonyl (C=O) groups is 2. The van der Waals surface area contributed by atoms with Crippen LogP contribution >= 0.6 is 0 Å². The third-order valence-corrected chi connectivity index (χ3v) is 4.20. The van der Waals surface area contributed by atoms with Crippen molar-refractivity contribution in [2.75, 3.05) is 19.0 Å². The van der Waals surface area contributed by atoms with E-state index in [0.717, 1.165) is 11.1 Å². The first kappa shape index (κ1) is 16.8. The summed E-state index contributed by atoms with van der Waals surface area (Å²) in [5.41, 5.74) is 2.47. The number of rotatable bonds is 4. The molecule has 1 heterocycles. The Morgan fingerprint density at radius 3 is 2.80 bits per heavy atom. The number of nitrogens with one attached hydrogen (secondary N) is 1. The van der Waals surface area contributed by atoms with Gasteiger partial charge in [0.1, 0.15) is 17.1 Å². The quantitative estimate of drug-likeness (QED) is 0.835. The molecule has 0 aliphatic carbocycles. The van der Waals surface area contributed by atoms with Crippen LogP contribution in [-0.2, 0) is 9.53 Å². The fourth-order valence-corrected chi connectivity index (χ4v) is 3.04. The molecule has 130 valence electrons. The Morgan fingerprint density at radius 1 is 1.28 bits per heavy atom. The van der Waals surface area contributed by atoms with Gasteiger partial charge in [-0.05, 0) is 36.2 Å². The van der Waals surface area contributed by atoms with Crippen molar-refractivity contribution in [3.8, 4) is 11.5 Å². The summed E-state index contributed by atoms with van der Waals surface area (Å²) in [4.78, 5) is 23.9. The van der Waals surface area contributed by atoms with Crippen LogP contribution in [0.5, 0.6) is 11.5 Å². The maximum atomic E-state index is 12.1. The van der Waals surface area contributed by atoms with Gasteiger partial charge in [-0.2, -0.15) is 0 Å². The molecule has 1 aliphatic heterocycles. The van der Waals surface area contributed by atoms with Crippen LogP contribution in [0.3, 0.4) is 0 Å². The van der Waals surface area contributed by atoms with E-state index >= 15 is 0 Å². The number of fused-ring (bicyclic) bond motifs is 1. The van der Waals surface area contributed by atoms with Crippen LogP contribution in [0.1, 0.15) is 40.7 Å². The summed E-state index contributed by atoms with van der Waals surface area (Å²) in [7, 11) is 1.26. The molecule has 25 heavy (non-hydrogen) atoms. The van der Waals surface area contributed by atoms with E-state index in [-0.39, 0.29) is 29.6 Å². The van der Waals surface area contributed by atoms with E-state index in [0.29, 0.717) is 18.0 Å². The second kappa shape index (κ2) is 6.84. The largest absolute Gasteiger partial charge is 0.507 e. The molecule has 0 spiro atoms. The maximum Gasteiger partial charge on any atom is 0.341 e. The zero-order valence-electron chi connectivity index (χ0n) is 14.0. The SMILES string of the molecule is CCOc1ccc2c(c1)NC(=O)CC2c1ccc(O)c(C(=O)OC)c1. The zero-order chi connectivity index (χ0) is 18.0. The van der Waals surface area contributed by atoms with Crippen molar-refractivity contribution in [2.24, 2.45) is 0 Å². The predicted octanol–water partition coefficient (Wildman–Crippen LogP) is 3.05. The first-order chi connectivity index (χ1) is 12.0. The molecule has 3 rings (SSSR count). The van der Waals surface area contributed by atoms with Crippen molar-refractivity contribution >= 4 is 17.6 Å². The summed E-state index contributed by atoms with van der Waals surface area (Å²) in [6.45, 7) is 2.43. The predicted molar refractivity (Wildman–Crippen MR) is 92.1 cm³/mol. The highest BCUT2D eigenvalue weighted by atomic mass is 16.5. The molecular weight excluding hydrogens is 322 g/mol. The van der Waals surface area contributed by atoms with Crippen LogP contribution in [0.2, 0.25) is 0 Å². The van der Waals surface area contributed by atoms with E-state index in [9.17, 15) is 14.7 Å². The van der Waals surface area contributed by atoms with Crippen LogP contribution in [0.15, 0.2) is 36.4 Å². The topological polar surface area (TPSA) is 84.9 Å². The number of aromatic hydroxyl groups is 1. The summed E-state index contributed by atoms with van der Waals surface area (Å²) >= 11 is 0. The summed E-state index contributed by atoms with van der Waals surface area (Å²) < 4.78 is 10.2. The van der Waals surface area contributed by atoms with Gasteiger partial charge in [-0.1, -0.05) is 12.1 Å². The van der Waals surface area contributed by atoms with Crippen LogP contribution in [-0.4, -0.2) is 30.7 Å². The molecule has 0 saturated heterocycles. The van der Waals surface area contributed by atoms with Gasteiger partial charge in [0.05, 0.1) is 13.7 Å². The number of hydrogen-bond donors (Lipinski definition) is 2. The van der Waals surface area contributed by atoms with E-state index < -0.39 is 5.97 Å². The number of phenols is 1. The van der Waals surface area contributed by atoms with Crippen molar-refractivity contribution in [3.05, 3.63) is 53.1 Å². The molecule has 1 atom stereocenters. The molecule has 0 aromatic heterocycles. The smallest absolute Gasteiger partial charge is 0.341 e. The molecular formula is C19H19NO5. The lowest BCUT2D eigenvalue weighted by molar-refractivity contribution is -0.116. The van der Waals surface area contributed by atoms with Crippen molar-refractivity contribution in [1.29, 1.82) is 0 Å². The minimum absolute atomic E-state index is 0.0819. The summed E-state index contributed by atoms with van der Waals surface area (Å²) in [6, 6.07) is 10.3. The Kier molecular flexibility index (Phi) is 4.61. The number of ether oxygens (including phenoxy) is 2. The highest BCUT2D eigenvalue weighted by Gasteiger charge is 2.28. The molecule has 6 nitrogen and oxygen atoms in total. The molecule has 6 heteroatoms. The number of hydrogen-bond acceptors (Lipinski definition) is 5. The van der Waals surface area contributed by atoms with Gasteiger partial charge in [-0.3, -0.25) is 4.79 Å². The first-order valence-corrected chi connectivity index (χ1v) is 8.01. The van der Waals surface area contributed by atoms with E-state index in [1.54, 1.807) is 18.2 Å². The third-order valence-electron chi connectivity index (χ3n) is 4.20. The number of esters is 1. The minimum Gasteiger partial charge on any atom is -0.507 e. The first-order valence-electron chi connectivity index (χ1n) is 8.01. The number of benzene rings is 2. The second-order valence-corrected chi connectivity index (χ2v) is 5.76. The van der Waals surface area contributed by atoms with Gasteiger partial charge >= 0.3 is 5.97 Å². The summed E-state index contributed by atoms with van der Waals surface area (Å²) in [6.07, 6.45) is 0.256. The number of anilines is 1. The van der Waals surface area contributed by atoms with Gasteiger partial charge in [-0.15, -0.1) is 0 Å². The molecule has 0 bridgehead atoms. The highest BCUT2D eigenvalue weighted by Crippen LogP contribution is 2.39. The van der Waals surface area contributed by atoms with Gasteiger partial charge in [0.25, 0.3) is 0 Å². The van der Waals surface area contributed by atoms with Gasteiger partial charge in [0.15, 0.2) is 0 Å². The Hall–Kier alpha value is -3.02. The second-order valence-electron chi connectivity index (χ2n) is 5.76. The van der Waals surface area contributed by atoms with E-state index in [2.05, 4.69) is 5.32 Å². The molecule has 1 aliphatic rings. The summed E-state index contributed by atoms with van der Waals surface area (Å²) in [5.74, 6) is -0.417.